The first-order chi connectivity index (χ1) is 15.5. The highest BCUT2D eigenvalue weighted by Gasteiger charge is 2.46. The zero-order valence-electron chi connectivity index (χ0n) is 18.4. The van der Waals surface area contributed by atoms with Gasteiger partial charge in [-0.1, -0.05) is 0 Å². The number of rotatable bonds is 6. The van der Waals surface area contributed by atoms with Crippen molar-refractivity contribution in [3.63, 3.8) is 0 Å². The Bertz CT molecular complexity index is 1110. The van der Waals surface area contributed by atoms with E-state index in [1.165, 1.54) is 0 Å². The number of hydrogen-bond donors (Lipinski definition) is 1. The first-order valence-electron chi connectivity index (χ1n) is 11.6. The van der Waals surface area contributed by atoms with Gasteiger partial charge in [0.25, 0.3) is 0 Å². The number of aromatic nitrogens is 1. The monoisotopic (exact) mass is 428 g/mol. The summed E-state index contributed by atoms with van der Waals surface area (Å²) in [4.78, 5) is 15.6. The Kier molecular flexibility index (Phi) is 5.37. The van der Waals surface area contributed by atoms with E-state index in [1.807, 2.05) is 25.1 Å². The largest absolute Gasteiger partial charge is 0.391 e. The number of nitriles is 2. The lowest BCUT2D eigenvalue weighted by molar-refractivity contribution is 0.0873. The second-order valence-electron chi connectivity index (χ2n) is 9.69. The van der Waals surface area contributed by atoms with Gasteiger partial charge in [0.15, 0.2) is 5.78 Å². The molecule has 3 fully saturated rings. The molecule has 6 nitrogen and oxygen atoms in total. The zero-order chi connectivity index (χ0) is 22.4. The van der Waals surface area contributed by atoms with Gasteiger partial charge in [0.05, 0.1) is 30.4 Å². The van der Waals surface area contributed by atoms with Crippen LogP contribution in [0.3, 0.4) is 0 Å². The molecule has 2 aliphatic heterocycles. The maximum absolute atomic E-state index is 13.4. The van der Waals surface area contributed by atoms with Crippen molar-refractivity contribution < 1.29 is 9.90 Å². The molecule has 3 aliphatic rings. The van der Waals surface area contributed by atoms with Crippen molar-refractivity contribution in [2.24, 2.45) is 11.8 Å². The van der Waals surface area contributed by atoms with Gasteiger partial charge >= 0.3 is 0 Å². The highest BCUT2D eigenvalue weighted by atomic mass is 16.3. The standard InChI is InChI=1S/C26H28N4O2/c1-16-23(26(32)15-29-21-6-7-24(29)25(31)12-21)11-22(10-18-8-19(9-18)14-28)30(16)20-4-2-17(13-27)3-5-20/h2-5,11,18-19,21,24-25,31H,6-10,12,15H2,1H3/t18-,19+,21?,24?,25-/m0/s1. The number of fused-ring (bicyclic) bond motifs is 2. The zero-order valence-corrected chi connectivity index (χ0v) is 18.4. The number of nitrogens with zero attached hydrogens (tertiary/aromatic N) is 4. The lowest BCUT2D eigenvalue weighted by atomic mass is 9.73. The summed E-state index contributed by atoms with van der Waals surface area (Å²) in [6, 6.07) is 14.4. The fraction of sp³-hybridized carbons (Fsp3) is 0.500. The molecule has 5 rings (SSSR count). The second-order valence-corrected chi connectivity index (χ2v) is 9.69. The third-order valence-electron chi connectivity index (χ3n) is 7.77. The number of benzene rings is 1. The van der Waals surface area contributed by atoms with E-state index < -0.39 is 0 Å². The Morgan fingerprint density at radius 1 is 1.16 bits per heavy atom. The van der Waals surface area contributed by atoms with Gasteiger partial charge in [-0.25, -0.2) is 0 Å². The minimum atomic E-state index is -0.312. The minimum Gasteiger partial charge on any atom is -0.391 e. The van der Waals surface area contributed by atoms with E-state index in [0.29, 0.717) is 24.1 Å². The average molecular weight is 429 g/mol. The van der Waals surface area contributed by atoms with Crippen LogP contribution in [0.15, 0.2) is 30.3 Å². The number of ketones is 1. The summed E-state index contributed by atoms with van der Waals surface area (Å²) in [7, 11) is 0. The van der Waals surface area contributed by atoms with Crippen LogP contribution >= 0.6 is 0 Å². The van der Waals surface area contributed by atoms with Crippen molar-refractivity contribution in [3.8, 4) is 17.8 Å². The maximum Gasteiger partial charge on any atom is 0.178 e. The van der Waals surface area contributed by atoms with Crippen LogP contribution in [0, 0.1) is 41.4 Å². The van der Waals surface area contributed by atoms with Gasteiger partial charge in [-0.15, -0.1) is 0 Å². The molecule has 2 aromatic rings. The van der Waals surface area contributed by atoms with Gasteiger partial charge in [-0.2, -0.15) is 10.5 Å². The van der Waals surface area contributed by atoms with Crippen molar-refractivity contribution >= 4 is 5.78 Å². The van der Waals surface area contributed by atoms with Crippen molar-refractivity contribution in [2.75, 3.05) is 6.54 Å². The summed E-state index contributed by atoms with van der Waals surface area (Å²) < 4.78 is 2.14. The minimum absolute atomic E-state index is 0.102. The average Bonchev–Trinajstić information content (AvgIpc) is 3.40. The van der Waals surface area contributed by atoms with Crippen LogP contribution < -0.4 is 0 Å². The molecule has 1 aromatic carbocycles. The quantitative estimate of drug-likeness (QED) is 0.711. The molecule has 3 heterocycles. The first-order valence-corrected chi connectivity index (χ1v) is 11.6. The summed E-state index contributed by atoms with van der Waals surface area (Å²) in [5, 5.41) is 28.5. The molecule has 3 atom stereocenters. The van der Waals surface area contributed by atoms with Gasteiger partial charge in [0, 0.05) is 40.6 Å². The summed E-state index contributed by atoms with van der Waals surface area (Å²) in [5.74, 6) is 0.710. The Hall–Kier alpha value is -2.93. The van der Waals surface area contributed by atoms with E-state index in [1.54, 1.807) is 12.1 Å². The van der Waals surface area contributed by atoms with E-state index in [0.717, 1.165) is 61.2 Å². The van der Waals surface area contributed by atoms with Crippen molar-refractivity contribution in [1.82, 2.24) is 9.47 Å². The molecular formula is C26H28N4O2. The lowest BCUT2D eigenvalue weighted by Gasteiger charge is -2.31. The number of carbonyl (C=O) groups excluding carboxylic acids is 1. The van der Waals surface area contributed by atoms with Crippen LogP contribution in [0.5, 0.6) is 0 Å². The van der Waals surface area contributed by atoms with Crippen molar-refractivity contribution in [3.05, 3.63) is 52.8 Å². The van der Waals surface area contributed by atoms with Gasteiger partial charge in [-0.3, -0.25) is 9.69 Å². The van der Waals surface area contributed by atoms with E-state index in [9.17, 15) is 9.90 Å². The van der Waals surface area contributed by atoms with Crippen LogP contribution in [-0.4, -0.2) is 45.1 Å². The Morgan fingerprint density at radius 3 is 2.50 bits per heavy atom. The molecule has 2 unspecified atom stereocenters. The third kappa shape index (κ3) is 3.54. The second kappa shape index (κ2) is 8.20. The third-order valence-corrected chi connectivity index (χ3v) is 7.77. The van der Waals surface area contributed by atoms with Crippen LogP contribution in [0.4, 0.5) is 0 Å². The smallest absolute Gasteiger partial charge is 0.178 e. The molecule has 1 aromatic heterocycles. The van der Waals surface area contributed by atoms with Crippen LogP contribution in [0.2, 0.25) is 0 Å². The van der Waals surface area contributed by atoms with E-state index >= 15 is 0 Å². The number of hydrogen-bond acceptors (Lipinski definition) is 5. The van der Waals surface area contributed by atoms with Gasteiger partial charge in [0.1, 0.15) is 0 Å². The molecule has 2 bridgehead atoms. The van der Waals surface area contributed by atoms with Gasteiger partial charge in [0.2, 0.25) is 0 Å². The summed E-state index contributed by atoms with van der Waals surface area (Å²) in [5.41, 5.74) is 4.29. The Balaban J connectivity index is 1.44. The summed E-state index contributed by atoms with van der Waals surface area (Å²) in [6.45, 7) is 2.34. The molecule has 0 radical (unpaired) electrons. The Labute approximate surface area is 188 Å². The number of aliphatic hydroxyl groups is 1. The molecule has 2 saturated heterocycles. The highest BCUT2D eigenvalue weighted by Crippen LogP contribution is 2.39. The normalized spacial score (nSPS) is 28.8. The predicted molar refractivity (Wildman–Crippen MR) is 119 cm³/mol. The van der Waals surface area contributed by atoms with Crippen LogP contribution in [-0.2, 0) is 6.42 Å². The number of aliphatic hydroxyl groups excluding tert-OH is 1. The van der Waals surface area contributed by atoms with Crippen LogP contribution in [0.1, 0.15) is 59.4 Å². The molecular weight excluding hydrogens is 400 g/mol. The lowest BCUT2D eigenvalue weighted by Crippen LogP contribution is -2.36. The molecule has 6 heteroatoms. The molecule has 0 amide bonds. The molecule has 0 spiro atoms. The van der Waals surface area contributed by atoms with Crippen molar-refractivity contribution in [1.29, 1.82) is 10.5 Å². The predicted octanol–water partition coefficient (Wildman–Crippen LogP) is 3.53. The van der Waals surface area contributed by atoms with E-state index in [-0.39, 0.29) is 23.8 Å². The summed E-state index contributed by atoms with van der Waals surface area (Å²) >= 11 is 0. The van der Waals surface area contributed by atoms with Crippen molar-refractivity contribution in [2.45, 2.75) is 63.6 Å². The van der Waals surface area contributed by atoms with Gasteiger partial charge in [-0.05, 0) is 81.7 Å². The number of Topliss-reactive ketones (excluding diaryl/α,β-unsaturated/α-hetero) is 1. The highest BCUT2D eigenvalue weighted by molar-refractivity contribution is 5.99. The van der Waals surface area contributed by atoms with E-state index in [2.05, 4.69) is 21.6 Å². The molecule has 1 saturated carbocycles. The number of carbonyl (C=O) groups is 1. The molecule has 1 N–H and O–H groups in total. The molecule has 1 aliphatic carbocycles. The molecule has 164 valence electrons. The first kappa shape index (κ1) is 20.9. The Morgan fingerprint density at radius 2 is 1.91 bits per heavy atom. The topological polar surface area (TPSA) is 93.1 Å². The van der Waals surface area contributed by atoms with E-state index in [4.69, 9.17) is 10.5 Å². The molecule has 32 heavy (non-hydrogen) atoms. The van der Waals surface area contributed by atoms with Gasteiger partial charge < -0.3 is 9.67 Å². The SMILES string of the molecule is Cc1c(C(=O)CN2C3CCC2[C@@H](O)C3)cc(C[C@H]2C[C@@H](C#N)C2)n1-c1ccc(C#N)cc1. The summed E-state index contributed by atoms with van der Waals surface area (Å²) in [6.07, 6.45) is 5.15. The fourth-order valence-electron chi connectivity index (χ4n) is 6.02. The van der Waals surface area contributed by atoms with Crippen LogP contribution in [0.25, 0.3) is 5.69 Å². The maximum atomic E-state index is 13.4. The fourth-order valence-corrected chi connectivity index (χ4v) is 6.02.